The molecule has 3 heterocycles. The highest BCUT2D eigenvalue weighted by Gasteiger charge is 2.39. The Morgan fingerprint density at radius 1 is 1.32 bits per heavy atom. The molecule has 3 atom stereocenters. The Balaban J connectivity index is 1.29. The van der Waals surface area contributed by atoms with E-state index in [0.717, 1.165) is 36.8 Å². The zero-order valence-electron chi connectivity index (χ0n) is 17.4. The van der Waals surface area contributed by atoms with Gasteiger partial charge in [-0.2, -0.15) is 0 Å². The first kappa shape index (κ1) is 22.3. The van der Waals surface area contributed by atoms with Crippen LogP contribution in [0, 0.1) is 5.92 Å². The van der Waals surface area contributed by atoms with E-state index in [1.165, 1.54) is 28.7 Å². The summed E-state index contributed by atoms with van der Waals surface area (Å²) in [6.45, 7) is 3.57. The van der Waals surface area contributed by atoms with Crippen LogP contribution >= 0.6 is 23.1 Å². The lowest BCUT2D eigenvalue weighted by Gasteiger charge is -2.33. The summed E-state index contributed by atoms with van der Waals surface area (Å²) >= 11 is 2.82. The summed E-state index contributed by atoms with van der Waals surface area (Å²) < 4.78 is 0.720. The molecule has 0 aliphatic carbocycles. The first-order valence-electron chi connectivity index (χ1n) is 10.6. The fourth-order valence-corrected chi connectivity index (χ4v) is 6.38. The second-order valence-corrected chi connectivity index (χ2v) is 10.4. The molecule has 2 aliphatic rings. The van der Waals surface area contributed by atoms with Gasteiger partial charge >= 0.3 is 5.97 Å². The Morgan fingerprint density at radius 3 is 2.87 bits per heavy atom. The van der Waals surface area contributed by atoms with Gasteiger partial charge in [0.1, 0.15) is 0 Å². The second kappa shape index (κ2) is 10.1. The molecule has 0 bridgehead atoms. The van der Waals surface area contributed by atoms with E-state index in [4.69, 9.17) is 10.8 Å². The number of hydrogen-bond acceptors (Lipinski definition) is 7. The topological polar surface area (TPSA) is 99.8 Å². The maximum Gasteiger partial charge on any atom is 0.355 e. The number of carbonyl (C=O) groups is 2. The van der Waals surface area contributed by atoms with Gasteiger partial charge in [0.2, 0.25) is 5.91 Å². The van der Waals surface area contributed by atoms with Crippen molar-refractivity contribution in [1.82, 2.24) is 14.8 Å². The molecule has 7 nitrogen and oxygen atoms in total. The minimum atomic E-state index is -1.01. The summed E-state index contributed by atoms with van der Waals surface area (Å²) in [7, 11) is 0. The van der Waals surface area contributed by atoms with Crippen molar-refractivity contribution in [2.24, 2.45) is 11.7 Å². The Kier molecular flexibility index (Phi) is 7.27. The van der Waals surface area contributed by atoms with Crippen molar-refractivity contribution in [3.05, 3.63) is 47.0 Å². The summed E-state index contributed by atoms with van der Waals surface area (Å²) in [4.78, 5) is 32.0. The van der Waals surface area contributed by atoms with Crippen LogP contribution in [0.4, 0.5) is 0 Å². The summed E-state index contributed by atoms with van der Waals surface area (Å²) in [5.74, 6) is 0.242. The van der Waals surface area contributed by atoms with Gasteiger partial charge in [0.25, 0.3) is 0 Å². The maximum absolute atomic E-state index is 12.5. The average molecular weight is 461 g/mol. The van der Waals surface area contributed by atoms with E-state index in [1.807, 2.05) is 11.0 Å². The van der Waals surface area contributed by atoms with Crippen molar-refractivity contribution in [3.63, 3.8) is 0 Å². The van der Waals surface area contributed by atoms with Gasteiger partial charge in [-0.3, -0.25) is 9.69 Å². The van der Waals surface area contributed by atoms with Crippen LogP contribution in [0.5, 0.6) is 0 Å². The third kappa shape index (κ3) is 5.46. The zero-order chi connectivity index (χ0) is 21.8. The van der Waals surface area contributed by atoms with E-state index in [1.54, 1.807) is 5.38 Å². The minimum Gasteiger partial charge on any atom is -0.476 e. The lowest BCUT2D eigenvalue weighted by atomic mass is 9.92. The van der Waals surface area contributed by atoms with Crippen LogP contribution < -0.4 is 5.73 Å². The molecule has 2 unspecified atom stereocenters. The molecular weight excluding hydrogens is 432 g/mol. The van der Waals surface area contributed by atoms with Gasteiger partial charge in [0.05, 0.1) is 0 Å². The van der Waals surface area contributed by atoms with Gasteiger partial charge in [-0.25, -0.2) is 9.78 Å². The number of thiazole rings is 1. The average Bonchev–Trinajstić information content (AvgIpc) is 3.50. The van der Waals surface area contributed by atoms with Gasteiger partial charge in [-0.15, -0.1) is 11.3 Å². The largest absolute Gasteiger partial charge is 0.476 e. The van der Waals surface area contributed by atoms with Gasteiger partial charge in [0, 0.05) is 49.3 Å². The molecule has 0 saturated carbocycles. The van der Waals surface area contributed by atoms with Crippen LogP contribution in [0.15, 0.2) is 40.1 Å². The van der Waals surface area contributed by atoms with Gasteiger partial charge in [-0.1, -0.05) is 42.1 Å². The van der Waals surface area contributed by atoms with Crippen molar-refractivity contribution in [1.29, 1.82) is 0 Å². The summed E-state index contributed by atoms with van der Waals surface area (Å²) in [5.41, 5.74) is 8.10. The zero-order valence-corrected chi connectivity index (χ0v) is 19.0. The first-order chi connectivity index (χ1) is 15.0. The number of carboxylic acid groups (broad SMARTS) is 1. The van der Waals surface area contributed by atoms with Crippen LogP contribution in [-0.4, -0.2) is 69.2 Å². The number of amides is 1. The molecule has 3 N–H and O–H groups in total. The molecule has 1 amide bonds. The molecule has 2 fully saturated rings. The van der Waals surface area contributed by atoms with Crippen molar-refractivity contribution in [3.8, 4) is 0 Å². The van der Waals surface area contributed by atoms with Gasteiger partial charge < -0.3 is 15.7 Å². The predicted molar refractivity (Wildman–Crippen MR) is 122 cm³/mol. The molecule has 1 aromatic heterocycles. The number of carboxylic acids is 1. The van der Waals surface area contributed by atoms with Crippen LogP contribution in [0.25, 0.3) is 0 Å². The molecule has 2 aromatic rings. The Hall–Kier alpha value is -1.94. The fraction of sp³-hybridized carbons (Fsp3) is 0.500. The van der Waals surface area contributed by atoms with E-state index >= 15 is 0 Å². The molecule has 0 spiro atoms. The van der Waals surface area contributed by atoms with Crippen molar-refractivity contribution in [2.75, 3.05) is 25.4 Å². The third-order valence-corrected chi connectivity index (χ3v) is 8.18. The molecule has 0 radical (unpaired) electrons. The molecule has 1 aromatic carbocycles. The molecule has 166 valence electrons. The molecule has 4 rings (SSSR count). The van der Waals surface area contributed by atoms with Crippen LogP contribution in [-0.2, 0) is 11.3 Å². The fourth-order valence-electron chi connectivity index (χ4n) is 4.58. The number of hydrogen-bond donors (Lipinski definition) is 2. The number of likely N-dealkylation sites (tertiary alicyclic amines) is 2. The summed E-state index contributed by atoms with van der Waals surface area (Å²) in [5, 5.41) is 10.5. The quantitative estimate of drug-likeness (QED) is 0.555. The highest BCUT2D eigenvalue weighted by atomic mass is 32.2. The first-order valence-corrected chi connectivity index (χ1v) is 12.5. The van der Waals surface area contributed by atoms with Crippen molar-refractivity contribution in [2.45, 2.75) is 42.2 Å². The summed E-state index contributed by atoms with van der Waals surface area (Å²) in [6, 6.07) is 10.6. The predicted octanol–water partition coefficient (Wildman–Crippen LogP) is 2.77. The number of aromatic nitrogens is 1. The lowest BCUT2D eigenvalue weighted by Crippen LogP contribution is -2.50. The number of thioether (sulfide) groups is 1. The SMILES string of the molecule is NC(C1CCN(Cc2ccccc2)C1)[C@H]1CCC(=O)N1CCSc1nc(C(=O)O)cs1. The standard InChI is InChI=1S/C22H28N4O3S2/c23-20(16-8-9-25(13-16)12-15-4-2-1-3-5-15)18-6-7-19(27)26(18)10-11-30-22-24-17(14-31-22)21(28)29/h1-5,14,16,18,20H,6-13,23H2,(H,28,29)/t16?,18-,20?/m1/s1. The van der Waals surface area contributed by atoms with E-state index in [9.17, 15) is 9.59 Å². The number of rotatable bonds is 9. The molecule has 2 saturated heterocycles. The van der Waals surface area contributed by atoms with E-state index in [-0.39, 0.29) is 23.7 Å². The van der Waals surface area contributed by atoms with E-state index in [2.05, 4.69) is 34.1 Å². The number of aromatic carboxylic acids is 1. The van der Waals surface area contributed by atoms with Crippen LogP contribution in [0.2, 0.25) is 0 Å². The molecule has 2 aliphatic heterocycles. The highest BCUT2D eigenvalue weighted by molar-refractivity contribution is 8.01. The lowest BCUT2D eigenvalue weighted by molar-refractivity contribution is -0.129. The Bertz CT molecular complexity index is 907. The van der Waals surface area contributed by atoms with E-state index < -0.39 is 5.97 Å². The molecular formula is C22H28N4O3S2. The molecule has 9 heteroatoms. The Labute approximate surface area is 190 Å². The number of nitrogens with zero attached hydrogens (tertiary/aromatic N) is 3. The number of benzene rings is 1. The van der Waals surface area contributed by atoms with Crippen LogP contribution in [0.3, 0.4) is 0 Å². The van der Waals surface area contributed by atoms with Gasteiger partial charge in [-0.05, 0) is 30.9 Å². The van der Waals surface area contributed by atoms with Gasteiger partial charge in [0.15, 0.2) is 10.0 Å². The second-order valence-electron chi connectivity index (χ2n) is 8.19. The highest BCUT2D eigenvalue weighted by Crippen LogP contribution is 2.30. The minimum absolute atomic E-state index is 0.0179. The van der Waals surface area contributed by atoms with Crippen molar-refractivity contribution >= 4 is 35.0 Å². The van der Waals surface area contributed by atoms with E-state index in [0.29, 0.717) is 24.6 Å². The normalized spacial score (nSPS) is 22.9. The third-order valence-electron chi connectivity index (χ3n) is 6.18. The monoisotopic (exact) mass is 460 g/mol. The van der Waals surface area contributed by atoms with Crippen molar-refractivity contribution < 1.29 is 14.7 Å². The number of carbonyl (C=O) groups excluding carboxylic acids is 1. The smallest absolute Gasteiger partial charge is 0.355 e. The summed E-state index contributed by atoms with van der Waals surface area (Å²) in [6.07, 6.45) is 2.45. The molecule has 31 heavy (non-hydrogen) atoms. The van der Waals surface area contributed by atoms with Crippen LogP contribution in [0.1, 0.15) is 35.3 Å². The maximum atomic E-state index is 12.5. The Morgan fingerprint density at radius 2 is 2.13 bits per heavy atom. The number of nitrogens with two attached hydrogens (primary N) is 1.